The van der Waals surface area contributed by atoms with Crippen LogP contribution in [0, 0.1) is 5.92 Å². The SMILES string of the molecule is COc1ccc(C(c2ccccc2)(c2ccccc2)c2cc(=O)[nH]c(=O)n2[C@@H]2O[C@H](CO)[C@@](C)(O)[C@H]2C)cc1. The maximum absolute atomic E-state index is 13.7. The third-order valence-corrected chi connectivity index (χ3v) is 8.02. The number of hydrogen-bond donors (Lipinski definition) is 3. The van der Waals surface area contributed by atoms with Crippen LogP contribution in [-0.4, -0.2) is 45.2 Å². The molecule has 8 nitrogen and oxygen atoms in total. The first-order valence-electron chi connectivity index (χ1n) is 12.9. The van der Waals surface area contributed by atoms with Gasteiger partial charge in [-0.1, -0.05) is 79.7 Å². The Kier molecular flexibility index (Phi) is 7.03. The van der Waals surface area contributed by atoms with E-state index in [4.69, 9.17) is 9.47 Å². The molecule has 1 fully saturated rings. The van der Waals surface area contributed by atoms with Gasteiger partial charge in [0.15, 0.2) is 0 Å². The van der Waals surface area contributed by atoms with Crippen LogP contribution in [0.3, 0.4) is 0 Å². The number of aromatic nitrogens is 2. The van der Waals surface area contributed by atoms with Crippen molar-refractivity contribution in [1.82, 2.24) is 9.55 Å². The number of aliphatic hydroxyl groups is 2. The van der Waals surface area contributed by atoms with Crippen molar-refractivity contribution in [3.05, 3.63) is 134 Å². The molecule has 0 bridgehead atoms. The molecule has 0 unspecified atom stereocenters. The molecule has 4 aromatic rings. The Morgan fingerprint density at radius 2 is 1.49 bits per heavy atom. The van der Waals surface area contributed by atoms with E-state index in [2.05, 4.69) is 4.98 Å². The first-order chi connectivity index (χ1) is 18.7. The summed E-state index contributed by atoms with van der Waals surface area (Å²) in [5.41, 5.74) is -1.02. The molecule has 1 aromatic heterocycles. The van der Waals surface area contributed by atoms with Crippen molar-refractivity contribution in [3.63, 3.8) is 0 Å². The van der Waals surface area contributed by atoms with E-state index in [1.807, 2.05) is 84.9 Å². The van der Waals surface area contributed by atoms with Gasteiger partial charge >= 0.3 is 5.69 Å². The number of benzene rings is 3. The van der Waals surface area contributed by atoms with Crippen LogP contribution in [0.15, 0.2) is 101 Å². The van der Waals surface area contributed by atoms with Gasteiger partial charge in [-0.3, -0.25) is 14.3 Å². The van der Waals surface area contributed by atoms with Crippen LogP contribution in [0.4, 0.5) is 0 Å². The fourth-order valence-corrected chi connectivity index (χ4v) is 5.73. The topological polar surface area (TPSA) is 114 Å². The summed E-state index contributed by atoms with van der Waals surface area (Å²) in [7, 11) is 1.59. The number of nitrogens with zero attached hydrogens (tertiary/aromatic N) is 1. The number of rotatable bonds is 7. The Balaban J connectivity index is 1.93. The van der Waals surface area contributed by atoms with Crippen LogP contribution >= 0.6 is 0 Å². The molecule has 39 heavy (non-hydrogen) atoms. The second kappa shape index (κ2) is 10.3. The predicted octanol–water partition coefficient (Wildman–Crippen LogP) is 3.20. The minimum atomic E-state index is -1.42. The molecule has 1 aliphatic heterocycles. The number of methoxy groups -OCH3 is 1. The molecule has 1 aliphatic rings. The fourth-order valence-electron chi connectivity index (χ4n) is 5.73. The van der Waals surface area contributed by atoms with Gasteiger partial charge in [0.1, 0.15) is 18.1 Å². The van der Waals surface area contributed by atoms with E-state index in [9.17, 15) is 19.8 Å². The minimum absolute atomic E-state index is 0.366. The molecule has 2 heterocycles. The monoisotopic (exact) mass is 528 g/mol. The standard InChI is InChI=1S/C31H32N2O6/c1-20-28(39-26(19-34)30(20,2)37)33-25(18-27(35)32-29(33)36)31(21-10-6-4-7-11-21,22-12-8-5-9-13-22)23-14-16-24(38-3)17-15-23/h4-18,20,26,28,34,37H,19H2,1-3H3,(H,32,35,36)/t20-,26+,28+,30-/m0/s1. The van der Waals surface area contributed by atoms with Gasteiger partial charge in [0.2, 0.25) is 0 Å². The quantitative estimate of drug-likeness (QED) is 0.318. The van der Waals surface area contributed by atoms with Gasteiger partial charge in [-0.2, -0.15) is 0 Å². The Labute approximate surface area is 226 Å². The molecule has 8 heteroatoms. The lowest BCUT2D eigenvalue weighted by Crippen LogP contribution is -2.45. The van der Waals surface area contributed by atoms with Crippen molar-refractivity contribution >= 4 is 0 Å². The molecule has 4 atom stereocenters. The molecule has 1 saturated heterocycles. The lowest BCUT2D eigenvalue weighted by Gasteiger charge is -2.39. The first-order valence-corrected chi connectivity index (χ1v) is 12.9. The van der Waals surface area contributed by atoms with Gasteiger partial charge in [0.25, 0.3) is 5.56 Å². The third-order valence-electron chi connectivity index (χ3n) is 8.02. The molecular weight excluding hydrogens is 496 g/mol. The molecule has 202 valence electrons. The van der Waals surface area contributed by atoms with E-state index in [0.717, 1.165) is 16.7 Å². The molecule has 0 saturated carbocycles. The first kappa shape index (κ1) is 26.6. The Hall–Kier alpha value is -3.98. The van der Waals surface area contributed by atoms with Crippen molar-refractivity contribution < 1.29 is 19.7 Å². The second-order valence-electron chi connectivity index (χ2n) is 10.1. The van der Waals surface area contributed by atoms with E-state index in [0.29, 0.717) is 11.4 Å². The van der Waals surface area contributed by atoms with Gasteiger partial charge < -0.3 is 19.7 Å². The van der Waals surface area contributed by atoms with Crippen molar-refractivity contribution in [2.24, 2.45) is 5.92 Å². The maximum atomic E-state index is 13.7. The van der Waals surface area contributed by atoms with Crippen LogP contribution in [0.25, 0.3) is 0 Å². The van der Waals surface area contributed by atoms with Gasteiger partial charge in [-0.15, -0.1) is 0 Å². The zero-order chi connectivity index (χ0) is 27.8. The summed E-state index contributed by atoms with van der Waals surface area (Å²) in [6.07, 6.45) is -1.89. The molecule has 5 rings (SSSR count). The lowest BCUT2D eigenvalue weighted by atomic mass is 9.67. The van der Waals surface area contributed by atoms with E-state index in [1.165, 1.54) is 10.6 Å². The highest BCUT2D eigenvalue weighted by Gasteiger charge is 2.53. The number of aliphatic hydroxyl groups excluding tert-OH is 1. The number of nitrogens with one attached hydrogen (secondary N) is 1. The summed E-state index contributed by atoms with van der Waals surface area (Å²) in [4.78, 5) is 29.1. The summed E-state index contributed by atoms with van der Waals surface area (Å²) in [6.45, 7) is 2.92. The van der Waals surface area contributed by atoms with Crippen LogP contribution in [-0.2, 0) is 10.2 Å². The Morgan fingerprint density at radius 1 is 0.949 bits per heavy atom. The predicted molar refractivity (Wildman–Crippen MR) is 147 cm³/mol. The number of aromatic amines is 1. The molecule has 3 aromatic carbocycles. The Bertz CT molecular complexity index is 1500. The van der Waals surface area contributed by atoms with Crippen LogP contribution in [0.5, 0.6) is 5.75 Å². The van der Waals surface area contributed by atoms with Gasteiger partial charge in [0, 0.05) is 12.0 Å². The highest BCUT2D eigenvalue weighted by atomic mass is 16.5. The minimum Gasteiger partial charge on any atom is -0.497 e. The molecule has 0 radical (unpaired) electrons. The highest BCUT2D eigenvalue weighted by Crippen LogP contribution is 2.48. The van der Waals surface area contributed by atoms with E-state index >= 15 is 0 Å². The zero-order valence-corrected chi connectivity index (χ0v) is 22.1. The van der Waals surface area contributed by atoms with Crippen LogP contribution in [0.2, 0.25) is 0 Å². The number of H-pyrrole nitrogens is 1. The zero-order valence-electron chi connectivity index (χ0n) is 22.1. The lowest BCUT2D eigenvalue weighted by molar-refractivity contribution is -0.0766. The highest BCUT2D eigenvalue weighted by molar-refractivity contribution is 5.58. The van der Waals surface area contributed by atoms with Gasteiger partial charge in [0.05, 0.1) is 30.4 Å². The Morgan fingerprint density at radius 3 is 1.97 bits per heavy atom. The molecule has 3 N–H and O–H groups in total. The molecule has 0 spiro atoms. The van der Waals surface area contributed by atoms with Gasteiger partial charge in [-0.25, -0.2) is 4.79 Å². The van der Waals surface area contributed by atoms with E-state index in [1.54, 1.807) is 21.0 Å². The van der Waals surface area contributed by atoms with Gasteiger partial charge in [-0.05, 0) is 35.7 Å². The van der Waals surface area contributed by atoms with Crippen LogP contribution < -0.4 is 16.0 Å². The summed E-state index contributed by atoms with van der Waals surface area (Å²) in [6, 6.07) is 28.2. The second-order valence-corrected chi connectivity index (χ2v) is 10.1. The van der Waals surface area contributed by atoms with Crippen molar-refractivity contribution in [3.8, 4) is 5.75 Å². The molecule has 0 aliphatic carbocycles. The average molecular weight is 529 g/mol. The molecule has 0 amide bonds. The number of hydrogen-bond acceptors (Lipinski definition) is 6. The summed E-state index contributed by atoms with van der Waals surface area (Å²) in [5.74, 6) is 0.0590. The fraction of sp³-hybridized carbons (Fsp3) is 0.290. The summed E-state index contributed by atoms with van der Waals surface area (Å²) in [5, 5.41) is 21.2. The number of ether oxygens (including phenoxy) is 2. The van der Waals surface area contributed by atoms with E-state index < -0.39 is 47.1 Å². The normalized spacial score (nSPS) is 23.1. The largest absolute Gasteiger partial charge is 0.497 e. The summed E-state index contributed by atoms with van der Waals surface area (Å²) < 4.78 is 13.0. The maximum Gasteiger partial charge on any atom is 0.330 e. The third kappa shape index (κ3) is 4.30. The van der Waals surface area contributed by atoms with Crippen molar-refractivity contribution in [2.45, 2.75) is 37.2 Å². The van der Waals surface area contributed by atoms with Crippen LogP contribution in [0.1, 0.15) is 42.5 Å². The smallest absolute Gasteiger partial charge is 0.330 e. The summed E-state index contributed by atoms with van der Waals surface area (Å²) >= 11 is 0. The van der Waals surface area contributed by atoms with Crippen molar-refractivity contribution in [1.29, 1.82) is 0 Å². The van der Waals surface area contributed by atoms with E-state index in [-0.39, 0.29) is 0 Å². The average Bonchev–Trinajstić information content (AvgIpc) is 3.18. The van der Waals surface area contributed by atoms with Crippen molar-refractivity contribution in [2.75, 3.05) is 13.7 Å². The molecular formula is C31H32N2O6.